The average Bonchev–Trinajstić information content (AvgIpc) is 2.86. The standard InChI is InChI=1S/C14H18N4O/c1-12-10-13(19-16-12)11-17-6-8-18(9-7-17)14-4-2-3-5-15-14/h2-5,10H,6-9,11H2,1H3. The van der Waals surface area contributed by atoms with Crippen LogP contribution in [-0.2, 0) is 6.54 Å². The van der Waals surface area contributed by atoms with Crippen LogP contribution < -0.4 is 4.90 Å². The summed E-state index contributed by atoms with van der Waals surface area (Å²) in [6.07, 6.45) is 1.85. The highest BCUT2D eigenvalue weighted by molar-refractivity contribution is 5.38. The van der Waals surface area contributed by atoms with Gasteiger partial charge in [-0.1, -0.05) is 11.2 Å². The SMILES string of the molecule is Cc1cc(CN2CCN(c3ccccn3)CC2)on1. The normalized spacial score (nSPS) is 16.8. The number of pyridine rings is 1. The van der Waals surface area contributed by atoms with E-state index in [4.69, 9.17) is 4.52 Å². The number of aromatic nitrogens is 2. The first-order valence-corrected chi connectivity index (χ1v) is 6.62. The molecule has 0 radical (unpaired) electrons. The maximum absolute atomic E-state index is 5.26. The molecule has 1 aliphatic heterocycles. The maximum atomic E-state index is 5.26. The first kappa shape index (κ1) is 12.2. The van der Waals surface area contributed by atoms with E-state index in [0.717, 1.165) is 50.0 Å². The van der Waals surface area contributed by atoms with E-state index in [1.54, 1.807) is 0 Å². The Hall–Kier alpha value is -1.88. The number of nitrogens with zero attached hydrogens (tertiary/aromatic N) is 4. The molecule has 0 amide bonds. The number of anilines is 1. The molecule has 1 fully saturated rings. The molecule has 0 saturated carbocycles. The Balaban J connectivity index is 1.55. The van der Waals surface area contributed by atoms with Crippen LogP contribution in [0.3, 0.4) is 0 Å². The first-order chi connectivity index (χ1) is 9.31. The molecule has 0 N–H and O–H groups in total. The number of hydrogen-bond donors (Lipinski definition) is 0. The maximum Gasteiger partial charge on any atom is 0.150 e. The summed E-state index contributed by atoms with van der Waals surface area (Å²) in [7, 11) is 0. The van der Waals surface area contributed by atoms with Gasteiger partial charge in [0.05, 0.1) is 12.2 Å². The van der Waals surface area contributed by atoms with Gasteiger partial charge in [0.15, 0.2) is 5.76 Å². The fourth-order valence-corrected chi connectivity index (χ4v) is 2.39. The van der Waals surface area contributed by atoms with Crippen molar-refractivity contribution in [1.82, 2.24) is 15.0 Å². The van der Waals surface area contributed by atoms with Gasteiger partial charge in [0.25, 0.3) is 0 Å². The zero-order valence-corrected chi connectivity index (χ0v) is 11.1. The molecule has 5 heteroatoms. The van der Waals surface area contributed by atoms with Gasteiger partial charge >= 0.3 is 0 Å². The van der Waals surface area contributed by atoms with Crippen LogP contribution in [0.5, 0.6) is 0 Å². The van der Waals surface area contributed by atoms with Gasteiger partial charge in [0.2, 0.25) is 0 Å². The molecule has 0 spiro atoms. The Labute approximate surface area is 112 Å². The van der Waals surface area contributed by atoms with Gasteiger partial charge in [-0.05, 0) is 19.1 Å². The van der Waals surface area contributed by atoms with Crippen molar-refractivity contribution < 1.29 is 4.52 Å². The molecule has 0 bridgehead atoms. The molecule has 3 rings (SSSR count). The minimum absolute atomic E-state index is 0.844. The lowest BCUT2D eigenvalue weighted by Crippen LogP contribution is -2.46. The molecule has 19 heavy (non-hydrogen) atoms. The van der Waals surface area contributed by atoms with Crippen LogP contribution in [0.1, 0.15) is 11.5 Å². The topological polar surface area (TPSA) is 45.4 Å². The number of aryl methyl sites for hydroxylation is 1. The predicted octanol–water partition coefficient (Wildman–Crippen LogP) is 1.70. The smallest absolute Gasteiger partial charge is 0.150 e. The molecule has 0 unspecified atom stereocenters. The van der Waals surface area contributed by atoms with Crippen LogP contribution in [0, 0.1) is 6.92 Å². The number of piperazine rings is 1. The monoisotopic (exact) mass is 258 g/mol. The van der Waals surface area contributed by atoms with Crippen molar-refractivity contribution in [3.63, 3.8) is 0 Å². The first-order valence-electron chi connectivity index (χ1n) is 6.62. The van der Waals surface area contributed by atoms with E-state index in [2.05, 4.69) is 26.0 Å². The Morgan fingerprint density at radius 2 is 2.05 bits per heavy atom. The van der Waals surface area contributed by atoms with Crippen LogP contribution in [-0.4, -0.2) is 41.2 Å². The lowest BCUT2D eigenvalue weighted by molar-refractivity contribution is 0.219. The van der Waals surface area contributed by atoms with Crippen molar-refractivity contribution in [2.24, 2.45) is 0 Å². The molecule has 5 nitrogen and oxygen atoms in total. The van der Waals surface area contributed by atoms with E-state index in [9.17, 15) is 0 Å². The van der Waals surface area contributed by atoms with Gasteiger partial charge in [-0.15, -0.1) is 0 Å². The summed E-state index contributed by atoms with van der Waals surface area (Å²) >= 11 is 0. The van der Waals surface area contributed by atoms with E-state index >= 15 is 0 Å². The third-order valence-electron chi connectivity index (χ3n) is 3.40. The van der Waals surface area contributed by atoms with Gasteiger partial charge in [-0.3, -0.25) is 4.90 Å². The van der Waals surface area contributed by atoms with E-state index in [1.807, 2.05) is 31.3 Å². The molecule has 2 aromatic rings. The third kappa shape index (κ3) is 2.93. The van der Waals surface area contributed by atoms with Crippen molar-refractivity contribution in [2.45, 2.75) is 13.5 Å². The second-order valence-electron chi connectivity index (χ2n) is 4.89. The molecule has 2 aromatic heterocycles. The van der Waals surface area contributed by atoms with Crippen molar-refractivity contribution in [3.8, 4) is 0 Å². The highest BCUT2D eigenvalue weighted by Gasteiger charge is 2.18. The molecular weight excluding hydrogens is 240 g/mol. The van der Waals surface area contributed by atoms with Crippen molar-refractivity contribution in [2.75, 3.05) is 31.1 Å². The van der Waals surface area contributed by atoms with Crippen molar-refractivity contribution in [3.05, 3.63) is 41.9 Å². The Bertz CT molecular complexity index is 517. The molecule has 1 saturated heterocycles. The second kappa shape index (κ2) is 5.40. The fraction of sp³-hybridized carbons (Fsp3) is 0.429. The predicted molar refractivity (Wildman–Crippen MR) is 73.0 cm³/mol. The summed E-state index contributed by atoms with van der Waals surface area (Å²) < 4.78 is 5.26. The highest BCUT2D eigenvalue weighted by atomic mass is 16.5. The Morgan fingerprint density at radius 1 is 1.21 bits per heavy atom. The second-order valence-corrected chi connectivity index (χ2v) is 4.89. The number of rotatable bonds is 3. The number of hydrogen-bond acceptors (Lipinski definition) is 5. The molecule has 0 aliphatic carbocycles. The average molecular weight is 258 g/mol. The van der Waals surface area contributed by atoms with E-state index in [1.165, 1.54) is 0 Å². The summed E-state index contributed by atoms with van der Waals surface area (Å²) in [6.45, 7) is 6.85. The van der Waals surface area contributed by atoms with Gasteiger partial charge in [0.1, 0.15) is 5.82 Å². The molecule has 3 heterocycles. The van der Waals surface area contributed by atoms with Crippen molar-refractivity contribution >= 4 is 5.82 Å². The lowest BCUT2D eigenvalue weighted by atomic mass is 10.3. The minimum atomic E-state index is 0.844. The quantitative estimate of drug-likeness (QED) is 0.838. The van der Waals surface area contributed by atoms with E-state index < -0.39 is 0 Å². The fourth-order valence-electron chi connectivity index (χ4n) is 2.39. The molecule has 0 aromatic carbocycles. The van der Waals surface area contributed by atoms with Crippen LogP contribution in [0.2, 0.25) is 0 Å². The van der Waals surface area contributed by atoms with Crippen LogP contribution >= 0.6 is 0 Å². The van der Waals surface area contributed by atoms with Gasteiger partial charge < -0.3 is 9.42 Å². The summed E-state index contributed by atoms with van der Waals surface area (Å²) in [5, 5.41) is 3.92. The minimum Gasteiger partial charge on any atom is -0.360 e. The van der Waals surface area contributed by atoms with Crippen LogP contribution in [0.4, 0.5) is 5.82 Å². The Kier molecular flexibility index (Phi) is 3.46. The van der Waals surface area contributed by atoms with E-state index in [0.29, 0.717) is 0 Å². The molecular formula is C14H18N4O. The van der Waals surface area contributed by atoms with Gasteiger partial charge in [-0.25, -0.2) is 4.98 Å². The zero-order valence-electron chi connectivity index (χ0n) is 11.1. The summed E-state index contributed by atoms with van der Waals surface area (Å²) in [4.78, 5) is 9.10. The van der Waals surface area contributed by atoms with Gasteiger partial charge in [0, 0.05) is 38.4 Å². The lowest BCUT2D eigenvalue weighted by Gasteiger charge is -2.34. The summed E-state index contributed by atoms with van der Waals surface area (Å²) in [5.41, 5.74) is 0.946. The highest BCUT2D eigenvalue weighted by Crippen LogP contribution is 2.14. The van der Waals surface area contributed by atoms with Gasteiger partial charge in [-0.2, -0.15) is 0 Å². The largest absolute Gasteiger partial charge is 0.360 e. The summed E-state index contributed by atoms with van der Waals surface area (Å²) in [5.74, 6) is 2.02. The van der Waals surface area contributed by atoms with Crippen molar-refractivity contribution in [1.29, 1.82) is 0 Å². The molecule has 1 aliphatic rings. The third-order valence-corrected chi connectivity index (χ3v) is 3.40. The van der Waals surface area contributed by atoms with Crippen LogP contribution in [0.25, 0.3) is 0 Å². The molecule has 0 atom stereocenters. The van der Waals surface area contributed by atoms with Crippen LogP contribution in [0.15, 0.2) is 35.0 Å². The Morgan fingerprint density at radius 3 is 2.68 bits per heavy atom. The van der Waals surface area contributed by atoms with E-state index in [-0.39, 0.29) is 0 Å². The molecule has 100 valence electrons. The zero-order chi connectivity index (χ0) is 13.1. The summed E-state index contributed by atoms with van der Waals surface area (Å²) in [6, 6.07) is 8.05.